The van der Waals surface area contributed by atoms with Crippen LogP contribution in [-0.4, -0.2) is 42.6 Å². The minimum atomic E-state index is -4.04. The molecule has 9 nitrogen and oxygen atoms in total. The van der Waals surface area contributed by atoms with Crippen molar-refractivity contribution in [3.05, 3.63) is 72.3 Å². The molecule has 0 saturated heterocycles. The quantitative estimate of drug-likeness (QED) is 0.484. The van der Waals surface area contributed by atoms with Gasteiger partial charge < -0.3 is 10.1 Å². The van der Waals surface area contributed by atoms with E-state index >= 15 is 0 Å². The summed E-state index contributed by atoms with van der Waals surface area (Å²) in [7, 11) is -2.63. The van der Waals surface area contributed by atoms with Crippen molar-refractivity contribution in [2.45, 2.75) is 11.3 Å². The van der Waals surface area contributed by atoms with E-state index in [1.807, 2.05) is 24.4 Å². The predicted octanol–water partition coefficient (Wildman–Crippen LogP) is 2.49. The molecule has 4 heterocycles. The Bertz CT molecular complexity index is 1460. The zero-order valence-corrected chi connectivity index (χ0v) is 17.9. The first kappa shape index (κ1) is 20.0. The standard InChI is InChI=1S/C22H19N5O4S/c1-31-20-6-5-14(17-13-25-27-9-3-2-4-19(17)27)10-21(20)32(29,30)26-15-11-16-18(24-12-15)7-8-23-22(16)28/h2-6,9-13,26H,7-8H2,1H3,(H,23,28). The highest BCUT2D eigenvalue weighted by Crippen LogP contribution is 2.33. The highest BCUT2D eigenvalue weighted by atomic mass is 32.2. The molecule has 0 atom stereocenters. The molecule has 1 aliphatic rings. The lowest BCUT2D eigenvalue weighted by atomic mass is 10.1. The van der Waals surface area contributed by atoms with Crippen LogP contribution in [0.1, 0.15) is 16.1 Å². The molecule has 162 valence electrons. The molecule has 0 saturated carbocycles. The fourth-order valence-corrected chi connectivity index (χ4v) is 4.99. The molecule has 2 N–H and O–H groups in total. The lowest BCUT2D eigenvalue weighted by Gasteiger charge is -2.17. The Kier molecular flexibility index (Phi) is 4.78. The number of fused-ring (bicyclic) bond motifs is 2. The Morgan fingerprint density at radius 3 is 2.84 bits per heavy atom. The fourth-order valence-electron chi connectivity index (χ4n) is 3.76. The Labute approximate surface area is 184 Å². The maximum absolute atomic E-state index is 13.3. The summed E-state index contributed by atoms with van der Waals surface area (Å²) < 4.78 is 36.1. The number of hydrogen-bond donors (Lipinski definition) is 2. The molecule has 0 radical (unpaired) electrons. The number of nitrogens with zero attached hydrogens (tertiary/aromatic N) is 3. The number of carbonyl (C=O) groups is 1. The van der Waals surface area contributed by atoms with E-state index < -0.39 is 10.0 Å². The number of rotatable bonds is 5. The molecule has 0 fully saturated rings. The zero-order chi connectivity index (χ0) is 22.3. The van der Waals surface area contributed by atoms with Crippen LogP contribution in [-0.2, 0) is 16.4 Å². The van der Waals surface area contributed by atoms with Crippen molar-refractivity contribution in [2.24, 2.45) is 0 Å². The first-order valence-electron chi connectivity index (χ1n) is 9.87. The van der Waals surface area contributed by atoms with Crippen molar-refractivity contribution in [1.82, 2.24) is 19.9 Å². The minimum absolute atomic E-state index is 0.0325. The number of benzene rings is 1. The van der Waals surface area contributed by atoms with Crippen LogP contribution in [0.3, 0.4) is 0 Å². The van der Waals surface area contributed by atoms with Gasteiger partial charge in [-0.25, -0.2) is 12.9 Å². The first-order chi connectivity index (χ1) is 15.5. The van der Waals surface area contributed by atoms with Gasteiger partial charge in [0, 0.05) is 24.7 Å². The molecule has 3 aromatic heterocycles. The monoisotopic (exact) mass is 449 g/mol. The Morgan fingerprint density at radius 2 is 2.00 bits per heavy atom. The molecule has 0 unspecified atom stereocenters. The van der Waals surface area contributed by atoms with Gasteiger partial charge in [-0.15, -0.1) is 0 Å². The molecular formula is C22H19N5O4S. The van der Waals surface area contributed by atoms with E-state index in [2.05, 4.69) is 20.1 Å². The SMILES string of the molecule is COc1ccc(-c2cnn3ccccc23)cc1S(=O)(=O)Nc1cnc2c(c1)C(=O)NCC2. The van der Waals surface area contributed by atoms with E-state index in [1.54, 1.807) is 28.9 Å². The third-order valence-corrected chi connectivity index (χ3v) is 6.71. The second-order valence-electron chi connectivity index (χ2n) is 7.28. The average molecular weight is 449 g/mol. The summed E-state index contributed by atoms with van der Waals surface area (Å²) >= 11 is 0. The van der Waals surface area contributed by atoms with E-state index in [9.17, 15) is 13.2 Å². The van der Waals surface area contributed by atoms with Gasteiger partial charge in [-0.05, 0) is 35.9 Å². The summed E-state index contributed by atoms with van der Waals surface area (Å²) in [5, 5.41) is 7.05. The van der Waals surface area contributed by atoms with Crippen LogP contribution in [0.25, 0.3) is 16.6 Å². The van der Waals surface area contributed by atoms with Gasteiger partial charge in [0.25, 0.3) is 15.9 Å². The average Bonchev–Trinajstić information content (AvgIpc) is 3.23. The summed E-state index contributed by atoms with van der Waals surface area (Å²) in [4.78, 5) is 16.3. The molecule has 1 aromatic carbocycles. The van der Waals surface area contributed by atoms with E-state index in [0.717, 1.165) is 11.1 Å². The van der Waals surface area contributed by atoms with Gasteiger partial charge in [0.05, 0.1) is 42.0 Å². The third kappa shape index (κ3) is 3.44. The van der Waals surface area contributed by atoms with Crippen LogP contribution in [0.15, 0.2) is 66.0 Å². The summed E-state index contributed by atoms with van der Waals surface area (Å²) in [6.07, 6.45) is 5.52. The summed E-state index contributed by atoms with van der Waals surface area (Å²) in [5.74, 6) is -0.0751. The normalized spacial score (nSPS) is 13.5. The van der Waals surface area contributed by atoms with E-state index in [4.69, 9.17) is 4.74 Å². The van der Waals surface area contributed by atoms with Gasteiger partial charge in [-0.3, -0.25) is 14.5 Å². The fraction of sp³-hybridized carbons (Fsp3) is 0.136. The van der Waals surface area contributed by atoms with Gasteiger partial charge in [-0.1, -0.05) is 12.1 Å². The molecule has 4 aromatic rings. The third-order valence-electron chi connectivity index (χ3n) is 5.31. The van der Waals surface area contributed by atoms with Crippen molar-refractivity contribution in [1.29, 1.82) is 0 Å². The van der Waals surface area contributed by atoms with Crippen molar-refractivity contribution in [2.75, 3.05) is 18.4 Å². The molecular weight excluding hydrogens is 430 g/mol. The molecule has 0 bridgehead atoms. The number of amides is 1. The van der Waals surface area contributed by atoms with Gasteiger partial charge in [0.15, 0.2) is 0 Å². The Hall–Kier alpha value is -3.92. The molecule has 0 aliphatic carbocycles. The minimum Gasteiger partial charge on any atom is -0.495 e. The summed E-state index contributed by atoms with van der Waals surface area (Å²) in [6, 6.07) is 12.1. The smallest absolute Gasteiger partial charge is 0.265 e. The zero-order valence-electron chi connectivity index (χ0n) is 17.1. The highest BCUT2D eigenvalue weighted by molar-refractivity contribution is 7.92. The summed E-state index contributed by atoms with van der Waals surface area (Å²) in [5.41, 5.74) is 3.52. The number of methoxy groups -OCH3 is 1. The van der Waals surface area contributed by atoms with E-state index in [1.165, 1.54) is 19.4 Å². The number of hydrogen-bond acceptors (Lipinski definition) is 6. The van der Waals surface area contributed by atoms with Crippen LogP contribution in [0.2, 0.25) is 0 Å². The highest BCUT2D eigenvalue weighted by Gasteiger charge is 2.24. The predicted molar refractivity (Wildman–Crippen MR) is 118 cm³/mol. The molecule has 0 spiro atoms. The topological polar surface area (TPSA) is 115 Å². The first-order valence-corrected chi connectivity index (χ1v) is 11.4. The molecule has 10 heteroatoms. The maximum Gasteiger partial charge on any atom is 0.265 e. The summed E-state index contributed by atoms with van der Waals surface area (Å²) in [6.45, 7) is 0.511. The lowest BCUT2D eigenvalue weighted by Crippen LogP contribution is -2.32. The van der Waals surface area contributed by atoms with Crippen molar-refractivity contribution >= 4 is 27.1 Å². The van der Waals surface area contributed by atoms with E-state index in [0.29, 0.717) is 29.8 Å². The van der Waals surface area contributed by atoms with Gasteiger partial charge >= 0.3 is 0 Å². The molecule has 1 aliphatic heterocycles. The number of anilines is 1. The Balaban J connectivity index is 1.55. The van der Waals surface area contributed by atoms with Gasteiger partial charge in [0.2, 0.25) is 0 Å². The number of sulfonamides is 1. The second-order valence-corrected chi connectivity index (χ2v) is 8.93. The van der Waals surface area contributed by atoms with Crippen LogP contribution in [0.5, 0.6) is 5.75 Å². The maximum atomic E-state index is 13.3. The number of carbonyl (C=O) groups excluding carboxylic acids is 1. The van der Waals surface area contributed by atoms with Crippen LogP contribution < -0.4 is 14.8 Å². The van der Waals surface area contributed by atoms with Crippen LogP contribution >= 0.6 is 0 Å². The molecule has 5 rings (SSSR count). The van der Waals surface area contributed by atoms with Crippen molar-refractivity contribution in [3.8, 4) is 16.9 Å². The largest absolute Gasteiger partial charge is 0.495 e. The number of pyridine rings is 2. The van der Waals surface area contributed by atoms with Crippen LogP contribution in [0.4, 0.5) is 5.69 Å². The van der Waals surface area contributed by atoms with Gasteiger partial charge in [0.1, 0.15) is 10.6 Å². The molecule has 32 heavy (non-hydrogen) atoms. The van der Waals surface area contributed by atoms with Crippen molar-refractivity contribution < 1.29 is 17.9 Å². The Morgan fingerprint density at radius 1 is 1.12 bits per heavy atom. The number of aromatic nitrogens is 3. The number of nitrogens with one attached hydrogen (secondary N) is 2. The molecule has 1 amide bonds. The van der Waals surface area contributed by atoms with Crippen LogP contribution in [0, 0.1) is 0 Å². The number of ether oxygens (including phenoxy) is 1. The van der Waals surface area contributed by atoms with Crippen molar-refractivity contribution in [3.63, 3.8) is 0 Å². The van der Waals surface area contributed by atoms with E-state index in [-0.39, 0.29) is 22.2 Å². The van der Waals surface area contributed by atoms with Gasteiger partial charge in [-0.2, -0.15) is 5.10 Å². The lowest BCUT2D eigenvalue weighted by molar-refractivity contribution is 0.0945. The second kappa shape index (κ2) is 7.65.